The number of hydrogen-bond donors (Lipinski definition) is 0. The van der Waals surface area contributed by atoms with Gasteiger partial charge in [-0.3, -0.25) is 0 Å². The summed E-state index contributed by atoms with van der Waals surface area (Å²) in [7, 11) is 0. The first-order valence-electron chi connectivity index (χ1n) is 6.15. The van der Waals surface area contributed by atoms with Crippen LogP contribution in [0.3, 0.4) is 0 Å². The maximum absolute atomic E-state index is 12.6. The highest BCUT2D eigenvalue weighted by atomic mass is 19.1. The van der Waals surface area contributed by atoms with Gasteiger partial charge in [0, 0.05) is 0 Å². The third-order valence-corrected chi connectivity index (χ3v) is 2.77. The minimum atomic E-state index is -0.165. The zero-order chi connectivity index (χ0) is 11.6. The van der Waals surface area contributed by atoms with Crippen molar-refractivity contribution >= 4 is 0 Å². The lowest BCUT2D eigenvalue weighted by Crippen LogP contribution is -1.87. The van der Waals surface area contributed by atoms with E-state index in [0.717, 1.165) is 25.7 Å². The van der Waals surface area contributed by atoms with Crippen LogP contribution in [0, 0.1) is 5.82 Å². The Balaban J connectivity index is 2.01. The summed E-state index contributed by atoms with van der Waals surface area (Å²) in [5.41, 5.74) is 1.21. The molecule has 0 aromatic heterocycles. The summed E-state index contributed by atoms with van der Waals surface area (Å²) in [6.45, 7) is 0.0651. The van der Waals surface area contributed by atoms with E-state index in [2.05, 4.69) is 0 Å². The van der Waals surface area contributed by atoms with Gasteiger partial charge < -0.3 is 0 Å². The van der Waals surface area contributed by atoms with Crippen LogP contribution in [0.1, 0.15) is 44.1 Å². The van der Waals surface area contributed by atoms with E-state index in [1.54, 1.807) is 0 Å². The van der Waals surface area contributed by atoms with Crippen molar-refractivity contribution in [2.45, 2.75) is 44.9 Å². The SMILES string of the molecule is [O]CCCCCCCCc1ccc(F)cc1. The monoisotopic (exact) mass is 223 g/mol. The zero-order valence-corrected chi connectivity index (χ0v) is 9.75. The van der Waals surface area contributed by atoms with Gasteiger partial charge in [-0.15, -0.1) is 0 Å². The van der Waals surface area contributed by atoms with Crippen molar-refractivity contribution in [1.29, 1.82) is 0 Å². The third kappa shape index (κ3) is 5.86. The van der Waals surface area contributed by atoms with Crippen LogP contribution in [0.4, 0.5) is 4.39 Å². The Morgan fingerprint density at radius 2 is 1.38 bits per heavy atom. The van der Waals surface area contributed by atoms with Crippen molar-refractivity contribution in [2.24, 2.45) is 0 Å². The van der Waals surface area contributed by atoms with Gasteiger partial charge in [0.1, 0.15) is 5.82 Å². The smallest absolute Gasteiger partial charge is 0.123 e. The van der Waals surface area contributed by atoms with E-state index in [9.17, 15) is 9.50 Å². The minimum Gasteiger partial charge on any atom is -0.237 e. The van der Waals surface area contributed by atoms with Crippen LogP contribution in [-0.4, -0.2) is 6.61 Å². The van der Waals surface area contributed by atoms with Gasteiger partial charge in [0.15, 0.2) is 0 Å². The molecule has 0 spiro atoms. The number of unbranched alkanes of at least 4 members (excludes halogenated alkanes) is 5. The second-order valence-electron chi connectivity index (χ2n) is 4.20. The summed E-state index contributed by atoms with van der Waals surface area (Å²) in [5.74, 6) is -0.165. The molecule has 0 unspecified atom stereocenters. The van der Waals surface area contributed by atoms with E-state index in [1.165, 1.54) is 37.0 Å². The Morgan fingerprint density at radius 1 is 0.812 bits per heavy atom. The second kappa shape index (κ2) is 8.28. The van der Waals surface area contributed by atoms with E-state index in [1.807, 2.05) is 12.1 Å². The molecular formula is C14H20FO. The lowest BCUT2D eigenvalue weighted by molar-refractivity contribution is 0.186. The topological polar surface area (TPSA) is 19.9 Å². The number of halogens is 1. The highest BCUT2D eigenvalue weighted by molar-refractivity contribution is 5.15. The molecule has 0 aliphatic carbocycles. The Bertz CT molecular complexity index is 269. The Kier molecular flexibility index (Phi) is 6.82. The molecule has 0 aliphatic rings. The van der Waals surface area contributed by atoms with Gasteiger partial charge in [-0.1, -0.05) is 37.8 Å². The molecule has 0 N–H and O–H groups in total. The molecule has 1 rings (SSSR count). The molecule has 1 aromatic rings. The van der Waals surface area contributed by atoms with Gasteiger partial charge in [-0.05, 0) is 37.0 Å². The van der Waals surface area contributed by atoms with Crippen molar-refractivity contribution in [1.82, 2.24) is 0 Å². The van der Waals surface area contributed by atoms with E-state index in [0.29, 0.717) is 0 Å². The average Bonchev–Trinajstić information content (AvgIpc) is 2.30. The summed E-state index contributed by atoms with van der Waals surface area (Å²) in [5, 5.41) is 10.2. The molecule has 1 aromatic carbocycles. The molecule has 2 heteroatoms. The van der Waals surface area contributed by atoms with Crippen molar-refractivity contribution in [3.63, 3.8) is 0 Å². The molecule has 0 saturated carbocycles. The van der Waals surface area contributed by atoms with Crippen molar-refractivity contribution < 1.29 is 9.50 Å². The highest BCUT2D eigenvalue weighted by Gasteiger charge is 1.95. The standard InChI is InChI=1S/C14H20FO/c15-14-10-8-13(9-11-14)7-5-3-1-2-4-6-12-16/h8-11H,1-7,12H2. The fourth-order valence-corrected chi connectivity index (χ4v) is 1.79. The van der Waals surface area contributed by atoms with Gasteiger partial charge in [-0.25, -0.2) is 9.50 Å². The summed E-state index contributed by atoms with van der Waals surface area (Å²) < 4.78 is 12.6. The van der Waals surface area contributed by atoms with E-state index in [4.69, 9.17) is 0 Å². The molecule has 0 aliphatic heterocycles. The van der Waals surface area contributed by atoms with Gasteiger partial charge in [0.05, 0.1) is 6.61 Å². The Labute approximate surface area is 97.3 Å². The molecule has 0 heterocycles. The average molecular weight is 223 g/mol. The fourth-order valence-electron chi connectivity index (χ4n) is 1.79. The predicted octanol–water partition coefficient (Wildman–Crippen LogP) is 4.14. The van der Waals surface area contributed by atoms with E-state index in [-0.39, 0.29) is 12.4 Å². The van der Waals surface area contributed by atoms with Crippen LogP contribution in [0.15, 0.2) is 24.3 Å². The van der Waals surface area contributed by atoms with Crippen LogP contribution in [0.2, 0.25) is 0 Å². The lowest BCUT2D eigenvalue weighted by Gasteiger charge is -2.02. The largest absolute Gasteiger partial charge is 0.237 e. The Morgan fingerprint density at radius 3 is 2.00 bits per heavy atom. The predicted molar refractivity (Wildman–Crippen MR) is 63.4 cm³/mol. The minimum absolute atomic E-state index is 0.0651. The van der Waals surface area contributed by atoms with E-state index >= 15 is 0 Å². The van der Waals surface area contributed by atoms with Gasteiger partial charge >= 0.3 is 0 Å². The molecule has 1 radical (unpaired) electrons. The van der Waals surface area contributed by atoms with Gasteiger partial charge in [0.25, 0.3) is 0 Å². The molecule has 0 bridgehead atoms. The molecular weight excluding hydrogens is 203 g/mol. The second-order valence-corrected chi connectivity index (χ2v) is 4.20. The maximum atomic E-state index is 12.6. The quantitative estimate of drug-likeness (QED) is 0.590. The first-order chi connectivity index (χ1) is 7.83. The van der Waals surface area contributed by atoms with Crippen LogP contribution in [-0.2, 0) is 11.5 Å². The van der Waals surface area contributed by atoms with Gasteiger partial charge in [-0.2, -0.15) is 0 Å². The summed E-state index contributed by atoms with van der Waals surface area (Å²) in [6.07, 6.45) is 7.66. The van der Waals surface area contributed by atoms with Gasteiger partial charge in [0.2, 0.25) is 0 Å². The van der Waals surface area contributed by atoms with Crippen LogP contribution in [0.5, 0.6) is 0 Å². The molecule has 0 saturated heterocycles. The molecule has 0 fully saturated rings. The fraction of sp³-hybridized carbons (Fsp3) is 0.571. The summed E-state index contributed by atoms with van der Waals surface area (Å²) >= 11 is 0. The number of rotatable bonds is 8. The van der Waals surface area contributed by atoms with Crippen molar-refractivity contribution in [2.75, 3.05) is 6.61 Å². The Hall–Kier alpha value is -0.890. The zero-order valence-electron chi connectivity index (χ0n) is 9.75. The van der Waals surface area contributed by atoms with Crippen LogP contribution in [0.25, 0.3) is 0 Å². The highest BCUT2D eigenvalue weighted by Crippen LogP contribution is 2.10. The maximum Gasteiger partial charge on any atom is 0.123 e. The van der Waals surface area contributed by atoms with Crippen molar-refractivity contribution in [3.8, 4) is 0 Å². The summed E-state index contributed by atoms with van der Waals surface area (Å²) in [6, 6.07) is 6.74. The van der Waals surface area contributed by atoms with Crippen molar-refractivity contribution in [3.05, 3.63) is 35.6 Å². The first kappa shape index (κ1) is 13.2. The van der Waals surface area contributed by atoms with Crippen LogP contribution < -0.4 is 0 Å². The molecule has 89 valence electrons. The number of aryl methyl sites for hydroxylation is 1. The summed E-state index contributed by atoms with van der Waals surface area (Å²) in [4.78, 5) is 0. The lowest BCUT2D eigenvalue weighted by atomic mass is 10.1. The number of benzene rings is 1. The normalized spacial score (nSPS) is 10.6. The molecule has 0 atom stereocenters. The van der Waals surface area contributed by atoms with Crippen LogP contribution >= 0.6 is 0 Å². The molecule has 0 amide bonds. The molecule has 16 heavy (non-hydrogen) atoms. The first-order valence-corrected chi connectivity index (χ1v) is 6.15. The number of hydrogen-bond acceptors (Lipinski definition) is 0. The molecule has 1 nitrogen and oxygen atoms in total. The third-order valence-electron chi connectivity index (χ3n) is 2.77. The van der Waals surface area contributed by atoms with E-state index < -0.39 is 0 Å².